The molecule has 1 fully saturated rings. The van der Waals surface area contributed by atoms with Gasteiger partial charge >= 0.3 is 17.9 Å². The monoisotopic (exact) mass is 368 g/mol. The Labute approximate surface area is 149 Å². The predicted octanol–water partition coefficient (Wildman–Crippen LogP) is -0.732. The van der Waals surface area contributed by atoms with Crippen LogP contribution in [0.2, 0.25) is 0 Å². The van der Waals surface area contributed by atoms with Crippen LogP contribution in [-0.2, 0) is 33.3 Å². The fourth-order valence-corrected chi connectivity index (χ4v) is 2.54. The summed E-state index contributed by atoms with van der Waals surface area (Å²) >= 11 is 0. The molecule has 26 heavy (non-hydrogen) atoms. The third-order valence-electron chi connectivity index (χ3n) is 3.47. The normalized spacial score (nSPS) is 27.7. The van der Waals surface area contributed by atoms with Crippen molar-refractivity contribution in [2.75, 3.05) is 6.61 Å². The van der Waals surface area contributed by atoms with Gasteiger partial charge in [0.25, 0.3) is 0 Å². The zero-order chi connectivity index (χ0) is 19.4. The van der Waals surface area contributed by atoms with Crippen molar-refractivity contribution in [3.05, 3.63) is 12.4 Å². The minimum atomic E-state index is -1.03. The second kappa shape index (κ2) is 7.95. The van der Waals surface area contributed by atoms with Gasteiger partial charge in [0.1, 0.15) is 24.9 Å². The SMILES string of the molecule is C=C1N=C(N)N=CN1[C@@H]1O[C@H](COC(C)=O)[C@H](OC(C)=O)C1OC(C)=O. The van der Waals surface area contributed by atoms with Crippen molar-refractivity contribution < 1.29 is 33.3 Å². The van der Waals surface area contributed by atoms with Gasteiger partial charge in [-0.15, -0.1) is 0 Å². The van der Waals surface area contributed by atoms with Crippen LogP contribution in [-0.4, -0.2) is 66.3 Å². The number of rotatable bonds is 5. The quantitative estimate of drug-likeness (QED) is 0.490. The van der Waals surface area contributed by atoms with Crippen LogP contribution in [0.4, 0.5) is 0 Å². The molecule has 2 aliphatic heterocycles. The molecule has 0 aliphatic carbocycles. The summed E-state index contributed by atoms with van der Waals surface area (Å²) in [6, 6.07) is 0. The van der Waals surface area contributed by atoms with Crippen molar-refractivity contribution in [2.24, 2.45) is 15.7 Å². The maximum Gasteiger partial charge on any atom is 0.303 e. The largest absolute Gasteiger partial charge is 0.463 e. The average Bonchev–Trinajstić information content (AvgIpc) is 2.82. The summed E-state index contributed by atoms with van der Waals surface area (Å²) in [4.78, 5) is 43.3. The van der Waals surface area contributed by atoms with Crippen molar-refractivity contribution >= 4 is 30.2 Å². The van der Waals surface area contributed by atoms with Crippen molar-refractivity contribution in [1.82, 2.24) is 4.90 Å². The molecule has 0 aromatic rings. The summed E-state index contributed by atoms with van der Waals surface area (Å²) < 4.78 is 21.3. The maximum absolute atomic E-state index is 11.5. The molecule has 0 spiro atoms. The lowest BCUT2D eigenvalue weighted by molar-refractivity contribution is -0.166. The summed E-state index contributed by atoms with van der Waals surface area (Å²) in [6.45, 7) is 7.18. The minimum Gasteiger partial charge on any atom is -0.463 e. The van der Waals surface area contributed by atoms with Gasteiger partial charge in [-0.25, -0.2) is 4.99 Å². The Bertz CT molecular complexity index is 675. The molecule has 0 bridgehead atoms. The molecule has 1 saturated heterocycles. The number of carbonyl (C=O) groups excluding carboxylic acids is 3. The van der Waals surface area contributed by atoms with Gasteiger partial charge in [0.15, 0.2) is 18.4 Å². The van der Waals surface area contributed by atoms with Gasteiger partial charge < -0.3 is 24.7 Å². The molecule has 0 aromatic carbocycles. The van der Waals surface area contributed by atoms with Gasteiger partial charge in [-0.2, -0.15) is 4.99 Å². The van der Waals surface area contributed by atoms with Crippen LogP contribution >= 0.6 is 0 Å². The Morgan fingerprint density at radius 3 is 2.35 bits per heavy atom. The van der Waals surface area contributed by atoms with E-state index in [4.69, 9.17) is 24.7 Å². The Kier molecular flexibility index (Phi) is 5.93. The van der Waals surface area contributed by atoms with Gasteiger partial charge in [-0.05, 0) is 0 Å². The van der Waals surface area contributed by atoms with Crippen LogP contribution in [0.1, 0.15) is 20.8 Å². The molecule has 11 heteroatoms. The van der Waals surface area contributed by atoms with Crippen LogP contribution in [0.5, 0.6) is 0 Å². The first-order valence-electron chi connectivity index (χ1n) is 7.68. The van der Waals surface area contributed by atoms with Gasteiger partial charge in [-0.3, -0.25) is 19.3 Å². The molecule has 0 radical (unpaired) electrons. The summed E-state index contributed by atoms with van der Waals surface area (Å²) in [7, 11) is 0. The maximum atomic E-state index is 11.5. The third-order valence-corrected chi connectivity index (χ3v) is 3.47. The van der Waals surface area contributed by atoms with Crippen LogP contribution in [0, 0.1) is 0 Å². The van der Waals surface area contributed by atoms with E-state index in [-0.39, 0.29) is 18.4 Å². The Balaban J connectivity index is 2.30. The predicted molar refractivity (Wildman–Crippen MR) is 87.5 cm³/mol. The van der Waals surface area contributed by atoms with E-state index in [1.54, 1.807) is 0 Å². The van der Waals surface area contributed by atoms with Gasteiger partial charge in [-0.1, -0.05) is 6.58 Å². The fourth-order valence-electron chi connectivity index (χ4n) is 2.54. The topological polar surface area (TPSA) is 142 Å². The molecule has 0 amide bonds. The Morgan fingerprint density at radius 2 is 1.81 bits per heavy atom. The summed E-state index contributed by atoms with van der Waals surface area (Å²) in [5, 5.41) is 0. The number of hydrogen-bond acceptors (Lipinski definition) is 11. The van der Waals surface area contributed by atoms with Crippen LogP contribution < -0.4 is 5.73 Å². The summed E-state index contributed by atoms with van der Waals surface area (Å²) in [5.74, 6) is -1.58. The van der Waals surface area contributed by atoms with E-state index in [0.717, 1.165) is 0 Å². The molecule has 2 aliphatic rings. The van der Waals surface area contributed by atoms with E-state index in [9.17, 15) is 14.4 Å². The molecule has 2 N–H and O–H groups in total. The highest BCUT2D eigenvalue weighted by Crippen LogP contribution is 2.31. The summed E-state index contributed by atoms with van der Waals surface area (Å²) in [5.41, 5.74) is 5.51. The highest BCUT2D eigenvalue weighted by molar-refractivity contribution is 5.89. The van der Waals surface area contributed by atoms with Crippen LogP contribution in [0.3, 0.4) is 0 Å². The first-order chi connectivity index (χ1) is 12.2. The van der Waals surface area contributed by atoms with E-state index in [1.165, 1.54) is 32.0 Å². The molecular formula is C15H20N4O7. The van der Waals surface area contributed by atoms with Crippen LogP contribution in [0.15, 0.2) is 22.4 Å². The van der Waals surface area contributed by atoms with Crippen molar-refractivity contribution in [3.8, 4) is 0 Å². The second-order valence-corrected chi connectivity index (χ2v) is 5.55. The lowest BCUT2D eigenvalue weighted by atomic mass is 10.1. The number of esters is 3. The van der Waals surface area contributed by atoms with Crippen molar-refractivity contribution in [2.45, 2.75) is 45.3 Å². The molecule has 1 unspecified atom stereocenters. The van der Waals surface area contributed by atoms with E-state index >= 15 is 0 Å². The van der Waals surface area contributed by atoms with Gasteiger partial charge in [0.2, 0.25) is 5.96 Å². The van der Waals surface area contributed by atoms with E-state index in [0.29, 0.717) is 0 Å². The fraction of sp³-hybridized carbons (Fsp3) is 0.533. The highest BCUT2D eigenvalue weighted by atomic mass is 16.7. The molecule has 0 saturated carbocycles. The molecule has 0 aromatic heterocycles. The second-order valence-electron chi connectivity index (χ2n) is 5.55. The lowest BCUT2D eigenvalue weighted by Gasteiger charge is -2.31. The zero-order valence-electron chi connectivity index (χ0n) is 14.6. The first-order valence-corrected chi connectivity index (χ1v) is 7.68. The van der Waals surface area contributed by atoms with Crippen molar-refractivity contribution in [3.63, 3.8) is 0 Å². The molecule has 2 rings (SSSR count). The molecule has 4 atom stereocenters. The van der Waals surface area contributed by atoms with Crippen molar-refractivity contribution in [1.29, 1.82) is 0 Å². The number of nitrogens with two attached hydrogens (primary N) is 1. The highest BCUT2D eigenvalue weighted by Gasteiger charge is 2.52. The number of hydrogen-bond donors (Lipinski definition) is 1. The van der Waals surface area contributed by atoms with Crippen LogP contribution in [0.25, 0.3) is 0 Å². The molecular weight excluding hydrogens is 348 g/mol. The lowest BCUT2D eigenvalue weighted by Crippen LogP contribution is -2.47. The van der Waals surface area contributed by atoms with Gasteiger partial charge in [0, 0.05) is 20.8 Å². The number of ether oxygens (including phenoxy) is 4. The van der Waals surface area contributed by atoms with E-state index in [1.807, 2.05) is 0 Å². The van der Waals surface area contributed by atoms with E-state index in [2.05, 4.69) is 16.6 Å². The number of aliphatic imine (C=N–C) groups is 2. The van der Waals surface area contributed by atoms with Gasteiger partial charge in [0.05, 0.1) is 0 Å². The third kappa shape index (κ3) is 4.57. The molecule has 142 valence electrons. The zero-order valence-corrected chi connectivity index (χ0v) is 14.6. The molecule has 11 nitrogen and oxygen atoms in total. The average molecular weight is 368 g/mol. The number of guanidine groups is 1. The number of nitrogens with zero attached hydrogens (tertiary/aromatic N) is 3. The standard InChI is InChI=1S/C15H20N4O7/c1-7-18-15(16)17-6-19(7)14-13(25-10(4)22)12(24-9(3)21)11(26-14)5-23-8(2)20/h6,11-14H,1,5H2,2-4H3,(H2,16,18)/t11-,12+,13?,14-/m1/s1. The minimum absolute atomic E-state index is 0.00119. The first kappa shape index (κ1) is 19.4. The van der Waals surface area contributed by atoms with E-state index < -0.39 is 42.4 Å². The Hall–Kier alpha value is -2.95. The number of carbonyl (C=O) groups is 3. The summed E-state index contributed by atoms with van der Waals surface area (Å²) in [6.07, 6.45) is -2.57. The molecule has 2 heterocycles. The Morgan fingerprint density at radius 1 is 1.19 bits per heavy atom. The smallest absolute Gasteiger partial charge is 0.303 e.